The molecule has 1 aliphatic rings. The van der Waals surface area contributed by atoms with Crippen LogP contribution in [0.2, 0.25) is 0 Å². The molecule has 118 valence electrons. The number of aliphatic hydroxyl groups is 1. The number of aromatic nitrogens is 1. The Balaban J connectivity index is 1.82. The number of benzene rings is 1. The van der Waals surface area contributed by atoms with Crippen molar-refractivity contribution in [1.82, 2.24) is 4.57 Å². The van der Waals surface area contributed by atoms with Gasteiger partial charge in [0.15, 0.2) is 0 Å². The Morgan fingerprint density at radius 1 is 1.35 bits per heavy atom. The van der Waals surface area contributed by atoms with Crippen LogP contribution in [0.4, 0.5) is 0 Å². The van der Waals surface area contributed by atoms with E-state index in [1.165, 1.54) is 11.3 Å². The first kappa shape index (κ1) is 16.0. The Labute approximate surface area is 145 Å². The lowest BCUT2D eigenvalue weighted by molar-refractivity contribution is 0.102. The second-order valence-electron chi connectivity index (χ2n) is 6.05. The Morgan fingerprint density at radius 2 is 2.09 bits per heavy atom. The second kappa shape index (κ2) is 6.74. The molecule has 3 atom stereocenters. The number of nitriles is 1. The number of hydrogen-bond donors (Lipinski definition) is 1. The number of halogens is 1. The van der Waals surface area contributed by atoms with E-state index in [9.17, 15) is 5.11 Å². The number of allylic oxidation sites excluding steroid dienone is 1. The summed E-state index contributed by atoms with van der Waals surface area (Å²) in [6.07, 6.45) is 4.98. The van der Waals surface area contributed by atoms with Crippen LogP contribution in [0, 0.1) is 17.2 Å². The van der Waals surface area contributed by atoms with E-state index < -0.39 is 0 Å². The largest absolute Gasteiger partial charge is 0.396 e. The standard InChI is InChI=1S/C19H19BrN2O/c1-2-7-22-11-15(20)8-19(22)17-9-16(18(17)12-23)14-5-3-13(10-21)4-6-14/h2-6,8,11,16-18,23H,1,7,9,12H2. The smallest absolute Gasteiger partial charge is 0.0991 e. The van der Waals surface area contributed by atoms with Crippen molar-refractivity contribution in [2.24, 2.45) is 5.92 Å². The van der Waals surface area contributed by atoms with Crippen LogP contribution in [-0.2, 0) is 6.54 Å². The van der Waals surface area contributed by atoms with E-state index in [4.69, 9.17) is 5.26 Å². The highest BCUT2D eigenvalue weighted by molar-refractivity contribution is 9.10. The van der Waals surface area contributed by atoms with Crippen LogP contribution < -0.4 is 0 Å². The maximum Gasteiger partial charge on any atom is 0.0991 e. The van der Waals surface area contributed by atoms with Gasteiger partial charge in [-0.2, -0.15) is 5.26 Å². The number of nitrogens with zero attached hydrogens (tertiary/aromatic N) is 2. The lowest BCUT2D eigenvalue weighted by Gasteiger charge is -2.44. The lowest BCUT2D eigenvalue weighted by atomic mass is 9.61. The Kier molecular flexibility index (Phi) is 4.70. The zero-order chi connectivity index (χ0) is 16.4. The van der Waals surface area contributed by atoms with E-state index in [0.717, 1.165) is 17.4 Å². The number of hydrogen-bond acceptors (Lipinski definition) is 2. The predicted octanol–water partition coefficient (Wildman–Crippen LogP) is 4.19. The molecule has 1 aromatic carbocycles. The molecule has 1 N–H and O–H groups in total. The minimum atomic E-state index is 0.173. The highest BCUT2D eigenvalue weighted by Crippen LogP contribution is 2.53. The molecule has 1 fully saturated rings. The van der Waals surface area contributed by atoms with Gasteiger partial charge >= 0.3 is 0 Å². The lowest BCUT2D eigenvalue weighted by Crippen LogP contribution is -2.36. The van der Waals surface area contributed by atoms with E-state index in [-0.39, 0.29) is 12.5 Å². The van der Waals surface area contributed by atoms with Crippen LogP contribution in [0.25, 0.3) is 0 Å². The van der Waals surface area contributed by atoms with Gasteiger partial charge in [-0.25, -0.2) is 0 Å². The third kappa shape index (κ3) is 2.99. The summed E-state index contributed by atoms with van der Waals surface area (Å²) in [5.41, 5.74) is 3.13. The molecule has 1 aromatic heterocycles. The molecule has 0 bridgehead atoms. The number of aliphatic hydroxyl groups excluding tert-OH is 1. The second-order valence-corrected chi connectivity index (χ2v) is 6.97. The fraction of sp³-hybridized carbons (Fsp3) is 0.316. The normalized spacial score (nSPS) is 23.1. The van der Waals surface area contributed by atoms with Gasteiger partial charge in [0.25, 0.3) is 0 Å². The van der Waals surface area contributed by atoms with Crippen LogP contribution in [0.15, 0.2) is 53.7 Å². The van der Waals surface area contributed by atoms with Crippen LogP contribution in [0.3, 0.4) is 0 Å². The summed E-state index contributed by atoms with van der Waals surface area (Å²) in [6, 6.07) is 12.0. The topological polar surface area (TPSA) is 49.0 Å². The third-order valence-electron chi connectivity index (χ3n) is 4.82. The SMILES string of the molecule is C=CCn1cc(Br)cc1C1CC(c2ccc(C#N)cc2)C1CO. The third-order valence-corrected chi connectivity index (χ3v) is 5.26. The molecule has 4 heteroatoms. The molecule has 0 amide bonds. The van der Waals surface area contributed by atoms with Gasteiger partial charge in [0.05, 0.1) is 11.6 Å². The molecule has 0 radical (unpaired) electrons. The van der Waals surface area contributed by atoms with Crippen LogP contribution in [0.5, 0.6) is 0 Å². The summed E-state index contributed by atoms with van der Waals surface area (Å²) in [7, 11) is 0. The number of rotatable bonds is 5. The quantitative estimate of drug-likeness (QED) is 0.802. The van der Waals surface area contributed by atoms with Crippen molar-refractivity contribution >= 4 is 15.9 Å². The molecule has 0 saturated heterocycles. The average molecular weight is 371 g/mol. The minimum absolute atomic E-state index is 0.173. The zero-order valence-corrected chi connectivity index (χ0v) is 14.4. The van der Waals surface area contributed by atoms with Crippen molar-refractivity contribution in [1.29, 1.82) is 5.26 Å². The van der Waals surface area contributed by atoms with E-state index >= 15 is 0 Å². The van der Waals surface area contributed by atoms with E-state index in [2.05, 4.69) is 45.4 Å². The highest BCUT2D eigenvalue weighted by atomic mass is 79.9. The van der Waals surface area contributed by atoms with E-state index in [1.54, 1.807) is 0 Å². The van der Waals surface area contributed by atoms with E-state index in [0.29, 0.717) is 17.4 Å². The maximum atomic E-state index is 9.88. The van der Waals surface area contributed by atoms with Gasteiger partial charge in [-0.15, -0.1) is 6.58 Å². The Hall–Kier alpha value is -1.83. The van der Waals surface area contributed by atoms with Crippen molar-refractivity contribution < 1.29 is 5.11 Å². The van der Waals surface area contributed by atoms with Crippen LogP contribution in [-0.4, -0.2) is 16.3 Å². The molecular formula is C19H19BrN2O. The van der Waals surface area contributed by atoms with Gasteiger partial charge < -0.3 is 9.67 Å². The van der Waals surface area contributed by atoms with Crippen LogP contribution >= 0.6 is 15.9 Å². The van der Waals surface area contributed by atoms with Crippen molar-refractivity contribution in [2.75, 3.05) is 6.61 Å². The van der Waals surface area contributed by atoms with Gasteiger partial charge in [0.2, 0.25) is 0 Å². The van der Waals surface area contributed by atoms with Gasteiger partial charge in [-0.1, -0.05) is 18.2 Å². The molecule has 1 saturated carbocycles. The predicted molar refractivity (Wildman–Crippen MR) is 94.2 cm³/mol. The molecule has 0 spiro atoms. The van der Waals surface area contributed by atoms with Gasteiger partial charge in [-0.3, -0.25) is 0 Å². The van der Waals surface area contributed by atoms with Gasteiger partial charge in [-0.05, 0) is 57.9 Å². The first-order valence-corrected chi connectivity index (χ1v) is 8.54. The monoisotopic (exact) mass is 370 g/mol. The molecule has 3 nitrogen and oxygen atoms in total. The van der Waals surface area contributed by atoms with Gasteiger partial charge in [0.1, 0.15) is 0 Å². The van der Waals surface area contributed by atoms with Crippen molar-refractivity contribution in [3.05, 3.63) is 70.5 Å². The maximum absolute atomic E-state index is 9.88. The summed E-state index contributed by atoms with van der Waals surface area (Å²) in [5.74, 6) is 0.920. The first-order chi connectivity index (χ1) is 11.2. The Bertz CT molecular complexity index is 742. The van der Waals surface area contributed by atoms with Gasteiger partial charge in [0, 0.05) is 35.4 Å². The van der Waals surface area contributed by atoms with Crippen molar-refractivity contribution in [3.63, 3.8) is 0 Å². The molecular weight excluding hydrogens is 352 g/mol. The molecule has 3 unspecified atom stereocenters. The summed E-state index contributed by atoms with van der Waals surface area (Å²) in [6.45, 7) is 4.76. The van der Waals surface area contributed by atoms with Crippen molar-refractivity contribution in [2.45, 2.75) is 24.8 Å². The Morgan fingerprint density at radius 3 is 2.70 bits per heavy atom. The molecule has 0 aliphatic heterocycles. The summed E-state index contributed by atoms with van der Waals surface area (Å²) < 4.78 is 3.26. The molecule has 23 heavy (non-hydrogen) atoms. The van der Waals surface area contributed by atoms with E-state index in [1.807, 2.05) is 30.3 Å². The summed E-state index contributed by atoms with van der Waals surface area (Å²) in [5, 5.41) is 18.8. The molecule has 1 aliphatic carbocycles. The first-order valence-electron chi connectivity index (χ1n) is 7.75. The average Bonchev–Trinajstić information content (AvgIpc) is 2.88. The molecule has 3 rings (SSSR count). The zero-order valence-electron chi connectivity index (χ0n) is 12.8. The van der Waals surface area contributed by atoms with Crippen LogP contribution in [0.1, 0.15) is 35.1 Å². The highest BCUT2D eigenvalue weighted by Gasteiger charge is 2.43. The fourth-order valence-electron chi connectivity index (χ4n) is 3.59. The summed E-state index contributed by atoms with van der Waals surface area (Å²) in [4.78, 5) is 0. The fourth-order valence-corrected chi connectivity index (χ4v) is 4.07. The molecule has 1 heterocycles. The minimum Gasteiger partial charge on any atom is -0.396 e. The summed E-state index contributed by atoms with van der Waals surface area (Å²) >= 11 is 3.54. The van der Waals surface area contributed by atoms with Crippen molar-refractivity contribution in [3.8, 4) is 6.07 Å². The molecule has 2 aromatic rings.